The molecule has 8 heteroatoms. The molecule has 20 heavy (non-hydrogen) atoms. The maximum Gasteiger partial charge on any atom is 0.276 e. The van der Waals surface area contributed by atoms with Crippen molar-refractivity contribution in [3.8, 4) is 0 Å². The van der Waals surface area contributed by atoms with Crippen LogP contribution in [0, 0.1) is 15.9 Å². The first-order chi connectivity index (χ1) is 9.45. The molecule has 0 amide bonds. The Labute approximate surface area is 123 Å². The minimum atomic E-state index is -0.562. The average Bonchev–Trinajstić information content (AvgIpc) is 2.39. The Morgan fingerprint density at radius 2 is 2.05 bits per heavy atom. The fraction of sp³-hybridized carbons (Fsp3) is 0.0833. The van der Waals surface area contributed by atoms with Gasteiger partial charge in [-0.25, -0.2) is 9.37 Å². The Morgan fingerprint density at radius 3 is 2.70 bits per heavy atom. The molecule has 0 radical (unpaired) electrons. The Hall–Kier alpha value is -1.92. The van der Waals surface area contributed by atoms with Gasteiger partial charge in [-0.05, 0) is 17.7 Å². The highest BCUT2D eigenvalue weighted by atomic mass is 35.5. The molecule has 0 aliphatic carbocycles. The van der Waals surface area contributed by atoms with Crippen molar-refractivity contribution in [1.29, 1.82) is 0 Å². The van der Waals surface area contributed by atoms with Crippen LogP contribution in [0.2, 0.25) is 10.2 Å². The maximum absolute atomic E-state index is 13.0. The Bertz CT molecular complexity index is 667. The summed E-state index contributed by atoms with van der Waals surface area (Å²) in [6, 6.07) is 6.67. The number of halogens is 3. The molecular formula is C12H8Cl2FN3O2. The van der Waals surface area contributed by atoms with E-state index < -0.39 is 10.7 Å². The molecule has 0 unspecified atom stereocenters. The van der Waals surface area contributed by atoms with Crippen molar-refractivity contribution in [1.82, 2.24) is 4.98 Å². The van der Waals surface area contributed by atoms with E-state index in [1.54, 1.807) is 6.07 Å². The summed E-state index contributed by atoms with van der Waals surface area (Å²) in [7, 11) is 0. The summed E-state index contributed by atoms with van der Waals surface area (Å²) in [6.45, 7) is 0.282. The monoisotopic (exact) mass is 315 g/mol. The number of hydrogen-bond acceptors (Lipinski definition) is 4. The van der Waals surface area contributed by atoms with Crippen LogP contribution in [0.25, 0.3) is 0 Å². The summed E-state index contributed by atoms with van der Waals surface area (Å²) < 4.78 is 13.0. The van der Waals surface area contributed by atoms with E-state index in [9.17, 15) is 14.5 Å². The molecule has 1 aromatic heterocycles. The molecule has 0 spiro atoms. The van der Waals surface area contributed by atoms with Crippen molar-refractivity contribution in [2.45, 2.75) is 6.54 Å². The summed E-state index contributed by atoms with van der Waals surface area (Å²) in [4.78, 5) is 14.0. The lowest BCUT2D eigenvalue weighted by Crippen LogP contribution is -2.02. The second-order valence-electron chi connectivity index (χ2n) is 3.89. The normalized spacial score (nSPS) is 10.3. The van der Waals surface area contributed by atoms with Crippen LogP contribution in [0.5, 0.6) is 0 Å². The Morgan fingerprint density at radius 1 is 1.30 bits per heavy atom. The van der Waals surface area contributed by atoms with Gasteiger partial charge in [0.2, 0.25) is 0 Å². The minimum absolute atomic E-state index is 0.00864. The molecule has 0 saturated heterocycles. The molecule has 0 aliphatic heterocycles. The molecule has 2 rings (SSSR count). The lowest BCUT2D eigenvalue weighted by molar-refractivity contribution is -0.384. The molecule has 0 bridgehead atoms. The molecule has 0 saturated carbocycles. The smallest absolute Gasteiger partial charge is 0.276 e. The van der Waals surface area contributed by atoms with Crippen molar-refractivity contribution in [2.24, 2.45) is 0 Å². The second-order valence-corrected chi connectivity index (χ2v) is 4.69. The SMILES string of the molecule is O=[N+]([O-])c1cc(Cl)nc(NCc2ccc(F)c(Cl)c2)c1. The number of hydrogen-bond donors (Lipinski definition) is 1. The minimum Gasteiger partial charge on any atom is -0.366 e. The molecule has 0 atom stereocenters. The fourth-order valence-electron chi connectivity index (χ4n) is 1.52. The van der Waals surface area contributed by atoms with Crippen LogP contribution in [-0.4, -0.2) is 9.91 Å². The first kappa shape index (κ1) is 14.5. The quantitative estimate of drug-likeness (QED) is 0.525. The van der Waals surface area contributed by atoms with Crippen LogP contribution in [0.1, 0.15) is 5.56 Å². The van der Waals surface area contributed by atoms with E-state index in [1.807, 2.05) is 0 Å². The van der Waals surface area contributed by atoms with Gasteiger partial charge in [0.15, 0.2) is 0 Å². The predicted molar refractivity (Wildman–Crippen MR) is 74.6 cm³/mol. The number of rotatable bonds is 4. The van der Waals surface area contributed by atoms with Gasteiger partial charge in [0.1, 0.15) is 16.8 Å². The third kappa shape index (κ3) is 3.55. The largest absolute Gasteiger partial charge is 0.366 e. The standard InChI is InChI=1S/C12H8Cl2FN3O2/c13-9-3-7(1-2-10(9)15)6-16-12-5-8(18(19)20)4-11(14)17-12/h1-5H,6H2,(H,16,17). The van der Waals surface area contributed by atoms with Gasteiger partial charge in [-0.1, -0.05) is 29.3 Å². The highest BCUT2D eigenvalue weighted by molar-refractivity contribution is 6.30. The highest BCUT2D eigenvalue weighted by Gasteiger charge is 2.10. The molecule has 104 valence electrons. The molecule has 0 fully saturated rings. The number of pyridine rings is 1. The number of nitrogens with zero attached hydrogens (tertiary/aromatic N) is 2. The summed E-state index contributed by atoms with van der Waals surface area (Å²) in [5.74, 6) is -0.253. The van der Waals surface area contributed by atoms with Gasteiger partial charge in [-0.2, -0.15) is 0 Å². The molecule has 5 nitrogen and oxygen atoms in total. The number of anilines is 1. The second kappa shape index (κ2) is 6.02. The molecule has 1 aromatic carbocycles. The molecular weight excluding hydrogens is 308 g/mol. The number of aromatic nitrogens is 1. The topological polar surface area (TPSA) is 68.1 Å². The van der Waals surface area contributed by atoms with E-state index in [0.717, 1.165) is 6.07 Å². The fourth-order valence-corrected chi connectivity index (χ4v) is 1.93. The van der Waals surface area contributed by atoms with Crippen molar-refractivity contribution in [3.05, 3.63) is 62.0 Å². The van der Waals surface area contributed by atoms with Gasteiger partial charge < -0.3 is 5.32 Å². The molecule has 1 heterocycles. The summed E-state index contributed by atoms with van der Waals surface area (Å²) in [5, 5.41) is 13.6. The van der Waals surface area contributed by atoms with E-state index in [2.05, 4.69) is 10.3 Å². The van der Waals surface area contributed by atoms with Crippen LogP contribution >= 0.6 is 23.2 Å². The van der Waals surface area contributed by atoms with Crippen molar-refractivity contribution in [2.75, 3.05) is 5.32 Å². The van der Waals surface area contributed by atoms with Gasteiger partial charge >= 0.3 is 0 Å². The Kier molecular flexibility index (Phi) is 4.36. The van der Waals surface area contributed by atoms with Crippen LogP contribution in [0.15, 0.2) is 30.3 Å². The zero-order chi connectivity index (χ0) is 14.7. The van der Waals surface area contributed by atoms with Gasteiger partial charge in [0.25, 0.3) is 5.69 Å². The lowest BCUT2D eigenvalue weighted by atomic mass is 10.2. The van der Waals surface area contributed by atoms with E-state index >= 15 is 0 Å². The third-order valence-electron chi connectivity index (χ3n) is 2.45. The van der Waals surface area contributed by atoms with E-state index in [4.69, 9.17) is 23.2 Å². The molecule has 2 aromatic rings. The van der Waals surface area contributed by atoms with E-state index in [0.29, 0.717) is 5.56 Å². The van der Waals surface area contributed by atoms with Gasteiger partial charge in [-0.15, -0.1) is 0 Å². The highest BCUT2D eigenvalue weighted by Crippen LogP contribution is 2.21. The summed E-state index contributed by atoms with van der Waals surface area (Å²) in [6.07, 6.45) is 0. The zero-order valence-corrected chi connectivity index (χ0v) is 11.5. The molecule has 0 aliphatic rings. The average molecular weight is 316 g/mol. The van der Waals surface area contributed by atoms with E-state index in [1.165, 1.54) is 18.2 Å². The first-order valence-electron chi connectivity index (χ1n) is 5.45. The summed E-state index contributed by atoms with van der Waals surface area (Å²) in [5.41, 5.74) is 0.547. The van der Waals surface area contributed by atoms with Gasteiger partial charge in [0.05, 0.1) is 22.1 Å². The van der Waals surface area contributed by atoms with Crippen molar-refractivity contribution in [3.63, 3.8) is 0 Å². The van der Waals surface area contributed by atoms with E-state index in [-0.39, 0.29) is 28.2 Å². The Balaban J connectivity index is 2.14. The van der Waals surface area contributed by atoms with Crippen LogP contribution in [-0.2, 0) is 6.54 Å². The predicted octanol–water partition coefficient (Wildman–Crippen LogP) is 4.05. The summed E-state index contributed by atoms with van der Waals surface area (Å²) >= 11 is 11.4. The van der Waals surface area contributed by atoms with Crippen molar-refractivity contribution >= 4 is 34.7 Å². The van der Waals surface area contributed by atoms with Gasteiger partial charge in [0, 0.05) is 6.54 Å². The number of nitro groups is 1. The van der Waals surface area contributed by atoms with Gasteiger partial charge in [-0.3, -0.25) is 10.1 Å². The van der Waals surface area contributed by atoms with Crippen molar-refractivity contribution < 1.29 is 9.31 Å². The van der Waals surface area contributed by atoms with Crippen LogP contribution in [0.4, 0.5) is 15.9 Å². The van der Waals surface area contributed by atoms with Crippen LogP contribution < -0.4 is 5.32 Å². The number of nitrogens with one attached hydrogen (secondary N) is 1. The van der Waals surface area contributed by atoms with Crippen LogP contribution in [0.3, 0.4) is 0 Å². The zero-order valence-electron chi connectivity index (χ0n) is 9.94. The maximum atomic E-state index is 13.0. The third-order valence-corrected chi connectivity index (χ3v) is 2.93. The number of benzene rings is 1. The molecule has 1 N–H and O–H groups in total. The lowest BCUT2D eigenvalue weighted by Gasteiger charge is -2.06. The first-order valence-corrected chi connectivity index (χ1v) is 6.21.